The van der Waals surface area contributed by atoms with Crippen LogP contribution in [0, 0.1) is 5.92 Å². The van der Waals surface area contributed by atoms with Crippen LogP contribution in [0.3, 0.4) is 0 Å². The molecular weight excluding hydrogens is 204 g/mol. The van der Waals surface area contributed by atoms with Crippen LogP contribution in [0.5, 0.6) is 0 Å². The molecule has 0 fully saturated rings. The zero-order chi connectivity index (χ0) is 12.4. The Balaban J connectivity index is 2.60. The van der Waals surface area contributed by atoms with Crippen LogP contribution in [-0.4, -0.2) is 0 Å². The third-order valence-corrected chi connectivity index (χ3v) is 3.18. The van der Waals surface area contributed by atoms with E-state index in [0.29, 0.717) is 5.92 Å². The number of hydrogen-bond donors (Lipinski definition) is 0. The Hall–Kier alpha value is -1.56. The maximum absolute atomic E-state index is 2.30. The van der Waals surface area contributed by atoms with Crippen molar-refractivity contribution in [1.82, 2.24) is 0 Å². The minimum atomic E-state index is 0.571. The molecule has 0 saturated carbocycles. The second kappa shape index (κ2) is 4.75. The molecule has 0 atom stereocenters. The first-order valence-corrected chi connectivity index (χ1v) is 6.26. The summed E-state index contributed by atoms with van der Waals surface area (Å²) < 4.78 is 0. The molecule has 0 aliphatic rings. The van der Waals surface area contributed by atoms with Crippen LogP contribution in [0.25, 0.3) is 16.3 Å². The minimum Gasteiger partial charge on any atom is -0.0724 e. The quantitative estimate of drug-likeness (QED) is 0.650. The fourth-order valence-electron chi connectivity index (χ4n) is 2.56. The lowest BCUT2D eigenvalue weighted by Gasteiger charge is -2.15. The van der Waals surface area contributed by atoms with Gasteiger partial charge in [0.15, 0.2) is 0 Å². The van der Waals surface area contributed by atoms with E-state index in [1.165, 1.54) is 27.5 Å². The standard InChI is InChI=1S/C17H20/c1-12(2)17(13(3)4)16-10-9-14-7-5-6-8-15(14)11-16/h5-12H,1-4H3. The highest BCUT2D eigenvalue weighted by molar-refractivity contribution is 5.86. The van der Waals surface area contributed by atoms with Crippen LogP contribution < -0.4 is 0 Å². The van der Waals surface area contributed by atoms with Crippen molar-refractivity contribution in [2.75, 3.05) is 0 Å². The zero-order valence-electron chi connectivity index (χ0n) is 11.1. The van der Waals surface area contributed by atoms with Gasteiger partial charge in [-0.25, -0.2) is 0 Å². The van der Waals surface area contributed by atoms with E-state index in [2.05, 4.69) is 70.2 Å². The summed E-state index contributed by atoms with van der Waals surface area (Å²) >= 11 is 0. The molecule has 0 aromatic heterocycles. The summed E-state index contributed by atoms with van der Waals surface area (Å²) in [6, 6.07) is 15.3. The Bertz CT molecular complexity index is 555. The molecule has 0 N–H and O–H groups in total. The number of fused-ring (bicyclic) bond motifs is 1. The molecule has 2 aromatic carbocycles. The van der Waals surface area contributed by atoms with E-state index in [9.17, 15) is 0 Å². The van der Waals surface area contributed by atoms with Crippen molar-refractivity contribution in [3.05, 3.63) is 53.6 Å². The Morgan fingerprint density at radius 2 is 1.53 bits per heavy atom. The van der Waals surface area contributed by atoms with Gasteiger partial charge in [0, 0.05) is 0 Å². The predicted molar refractivity (Wildman–Crippen MR) is 77.1 cm³/mol. The van der Waals surface area contributed by atoms with E-state index in [0.717, 1.165) is 0 Å². The van der Waals surface area contributed by atoms with Crippen molar-refractivity contribution in [3.63, 3.8) is 0 Å². The first-order chi connectivity index (χ1) is 8.09. The molecule has 0 nitrogen and oxygen atoms in total. The van der Waals surface area contributed by atoms with Gasteiger partial charge in [-0.15, -0.1) is 0 Å². The Morgan fingerprint density at radius 3 is 2.12 bits per heavy atom. The van der Waals surface area contributed by atoms with Crippen molar-refractivity contribution in [3.8, 4) is 0 Å². The van der Waals surface area contributed by atoms with Gasteiger partial charge in [0.25, 0.3) is 0 Å². The smallest absolute Gasteiger partial charge is 0.0178 e. The zero-order valence-corrected chi connectivity index (χ0v) is 11.1. The molecule has 0 radical (unpaired) electrons. The first kappa shape index (κ1) is 11.9. The Morgan fingerprint density at radius 1 is 0.882 bits per heavy atom. The maximum atomic E-state index is 2.30. The average Bonchev–Trinajstić information content (AvgIpc) is 2.28. The second-order valence-corrected chi connectivity index (χ2v) is 5.13. The van der Waals surface area contributed by atoms with Crippen LogP contribution in [-0.2, 0) is 0 Å². The lowest BCUT2D eigenvalue weighted by atomic mass is 9.90. The fourth-order valence-corrected chi connectivity index (χ4v) is 2.56. The largest absolute Gasteiger partial charge is 0.0724 e. The summed E-state index contributed by atoms with van der Waals surface area (Å²) in [5.41, 5.74) is 4.24. The highest BCUT2D eigenvalue weighted by Gasteiger charge is 2.08. The van der Waals surface area contributed by atoms with Crippen molar-refractivity contribution < 1.29 is 0 Å². The molecule has 0 bridgehead atoms. The topological polar surface area (TPSA) is 0 Å². The monoisotopic (exact) mass is 224 g/mol. The molecule has 0 aliphatic carbocycles. The lowest BCUT2D eigenvalue weighted by Crippen LogP contribution is -1.96. The summed E-state index contributed by atoms with van der Waals surface area (Å²) in [5.74, 6) is 0.571. The van der Waals surface area contributed by atoms with E-state index in [-0.39, 0.29) is 0 Å². The molecule has 0 spiro atoms. The second-order valence-electron chi connectivity index (χ2n) is 5.13. The van der Waals surface area contributed by atoms with Gasteiger partial charge in [0.2, 0.25) is 0 Å². The van der Waals surface area contributed by atoms with Gasteiger partial charge < -0.3 is 0 Å². The number of hydrogen-bond acceptors (Lipinski definition) is 0. The van der Waals surface area contributed by atoms with Gasteiger partial charge in [-0.2, -0.15) is 0 Å². The average molecular weight is 224 g/mol. The maximum Gasteiger partial charge on any atom is -0.0178 e. The van der Waals surface area contributed by atoms with E-state index < -0.39 is 0 Å². The molecular formula is C17H20. The first-order valence-electron chi connectivity index (χ1n) is 6.26. The van der Waals surface area contributed by atoms with Gasteiger partial charge in [0.05, 0.1) is 0 Å². The Labute approximate surface area is 104 Å². The molecule has 17 heavy (non-hydrogen) atoms. The van der Waals surface area contributed by atoms with Crippen LogP contribution in [0.15, 0.2) is 48.0 Å². The number of allylic oxidation sites excluding steroid dienone is 2. The van der Waals surface area contributed by atoms with Gasteiger partial charge in [0.1, 0.15) is 0 Å². The van der Waals surface area contributed by atoms with Crippen LogP contribution in [0.1, 0.15) is 33.3 Å². The highest BCUT2D eigenvalue weighted by Crippen LogP contribution is 2.29. The van der Waals surface area contributed by atoms with E-state index in [1.807, 2.05) is 0 Å². The van der Waals surface area contributed by atoms with E-state index in [4.69, 9.17) is 0 Å². The molecule has 0 amide bonds. The molecule has 0 unspecified atom stereocenters. The number of rotatable bonds is 2. The van der Waals surface area contributed by atoms with Crippen LogP contribution in [0.4, 0.5) is 0 Å². The molecule has 0 aliphatic heterocycles. The lowest BCUT2D eigenvalue weighted by molar-refractivity contribution is 0.847. The van der Waals surface area contributed by atoms with E-state index >= 15 is 0 Å². The summed E-state index contributed by atoms with van der Waals surface area (Å²) in [6.45, 7) is 8.92. The van der Waals surface area contributed by atoms with Crippen molar-refractivity contribution in [2.24, 2.45) is 5.92 Å². The van der Waals surface area contributed by atoms with Gasteiger partial charge in [-0.1, -0.05) is 55.8 Å². The fraction of sp³-hybridized carbons (Fsp3) is 0.294. The minimum absolute atomic E-state index is 0.571. The number of benzene rings is 2. The van der Waals surface area contributed by atoms with Crippen LogP contribution >= 0.6 is 0 Å². The van der Waals surface area contributed by atoms with Gasteiger partial charge >= 0.3 is 0 Å². The van der Waals surface area contributed by atoms with Gasteiger partial charge in [-0.3, -0.25) is 0 Å². The Kier molecular flexibility index (Phi) is 3.33. The predicted octanol–water partition coefficient (Wildman–Crippen LogP) is 5.29. The van der Waals surface area contributed by atoms with Crippen molar-refractivity contribution in [2.45, 2.75) is 27.7 Å². The van der Waals surface area contributed by atoms with Crippen molar-refractivity contribution >= 4 is 16.3 Å². The summed E-state index contributed by atoms with van der Waals surface area (Å²) in [4.78, 5) is 0. The normalized spacial score (nSPS) is 10.9. The molecule has 0 saturated heterocycles. The third-order valence-electron chi connectivity index (χ3n) is 3.18. The highest BCUT2D eigenvalue weighted by atomic mass is 14.1. The van der Waals surface area contributed by atoms with Crippen molar-refractivity contribution in [1.29, 1.82) is 0 Å². The summed E-state index contributed by atoms with van der Waals surface area (Å²) in [6.07, 6.45) is 0. The van der Waals surface area contributed by atoms with Gasteiger partial charge in [-0.05, 0) is 47.7 Å². The molecule has 0 heteroatoms. The third kappa shape index (κ3) is 2.41. The summed E-state index contributed by atoms with van der Waals surface area (Å²) in [5, 5.41) is 2.64. The molecule has 2 aromatic rings. The molecule has 2 rings (SSSR count). The van der Waals surface area contributed by atoms with Crippen LogP contribution in [0.2, 0.25) is 0 Å². The molecule has 0 heterocycles. The molecule has 88 valence electrons. The summed E-state index contributed by atoms with van der Waals surface area (Å²) in [7, 11) is 0. The van der Waals surface area contributed by atoms with E-state index in [1.54, 1.807) is 0 Å². The SMILES string of the molecule is CC(C)=C(c1ccc2ccccc2c1)C(C)C.